The second-order valence-corrected chi connectivity index (χ2v) is 8.70. The molecule has 1 N–H and O–H groups in total. The highest BCUT2D eigenvalue weighted by atomic mass is 35.5. The minimum absolute atomic E-state index is 0.165. The van der Waals surface area contributed by atoms with E-state index in [4.69, 9.17) is 11.6 Å². The summed E-state index contributed by atoms with van der Waals surface area (Å²) in [6.07, 6.45) is 0. The zero-order valence-electron chi connectivity index (χ0n) is 15.6. The number of rotatable bonds is 5. The monoisotopic (exact) mass is 423 g/mol. The van der Waals surface area contributed by atoms with Crippen molar-refractivity contribution in [1.82, 2.24) is 9.89 Å². The molecule has 0 aliphatic carbocycles. The molecular weight excluding hydrogens is 406 g/mol. The van der Waals surface area contributed by atoms with Gasteiger partial charge in [0.05, 0.1) is 16.3 Å². The lowest BCUT2D eigenvalue weighted by Crippen LogP contribution is -2.25. The molecule has 0 atom stereocenters. The molecule has 3 aromatic carbocycles. The Hall–Kier alpha value is -3.09. The Kier molecular flexibility index (Phi) is 5.13. The van der Waals surface area contributed by atoms with Crippen molar-refractivity contribution in [2.45, 2.75) is 11.8 Å². The molecule has 1 heterocycles. The quantitative estimate of drug-likeness (QED) is 0.485. The van der Waals surface area contributed by atoms with E-state index in [0.29, 0.717) is 16.4 Å². The van der Waals surface area contributed by atoms with E-state index in [0.717, 1.165) is 16.7 Å². The Labute approximate surface area is 174 Å². The summed E-state index contributed by atoms with van der Waals surface area (Å²) in [4.78, 5) is 4.04. The molecule has 0 spiro atoms. The minimum Gasteiger partial charge on any atom is -0.200 e. The zero-order chi connectivity index (χ0) is 20.4. The molecule has 29 heavy (non-hydrogen) atoms. The summed E-state index contributed by atoms with van der Waals surface area (Å²) in [6, 6.07) is 25.1. The van der Waals surface area contributed by atoms with Crippen molar-refractivity contribution in [1.29, 1.82) is 0 Å². The highest BCUT2D eigenvalue weighted by Crippen LogP contribution is 2.27. The molecule has 7 heteroatoms. The van der Waals surface area contributed by atoms with E-state index in [1.54, 1.807) is 30.3 Å². The van der Waals surface area contributed by atoms with Crippen molar-refractivity contribution in [3.8, 4) is 22.5 Å². The van der Waals surface area contributed by atoms with Crippen LogP contribution in [0.1, 0.15) is 5.56 Å². The number of hydrogen-bond acceptors (Lipinski definition) is 3. The zero-order valence-corrected chi connectivity index (χ0v) is 17.2. The fourth-order valence-corrected chi connectivity index (χ4v) is 4.02. The summed E-state index contributed by atoms with van der Waals surface area (Å²) >= 11 is 5.98. The predicted octanol–water partition coefficient (Wildman–Crippen LogP) is 5.11. The van der Waals surface area contributed by atoms with Crippen molar-refractivity contribution in [2.24, 2.45) is 0 Å². The summed E-state index contributed by atoms with van der Waals surface area (Å²) in [5.41, 5.74) is 4.06. The van der Waals surface area contributed by atoms with Crippen molar-refractivity contribution in [3.05, 3.63) is 95.5 Å². The molecule has 4 rings (SSSR count). The van der Waals surface area contributed by atoms with E-state index in [1.807, 2.05) is 49.4 Å². The maximum atomic E-state index is 12.8. The van der Waals surface area contributed by atoms with E-state index >= 15 is 0 Å². The van der Waals surface area contributed by atoms with Gasteiger partial charge in [-0.15, -0.1) is 0 Å². The summed E-state index contributed by atoms with van der Waals surface area (Å²) < 4.78 is 25.7. The Morgan fingerprint density at radius 1 is 0.862 bits per heavy atom. The number of nitrogens with zero attached hydrogens (tertiary/aromatic N) is 2. The minimum atomic E-state index is -3.80. The van der Waals surface area contributed by atoms with Crippen LogP contribution in [-0.4, -0.2) is 18.3 Å². The van der Waals surface area contributed by atoms with Gasteiger partial charge in [-0.05, 0) is 37.3 Å². The van der Waals surface area contributed by atoms with Crippen molar-refractivity contribution in [2.75, 3.05) is 4.83 Å². The first-order valence-electron chi connectivity index (χ1n) is 8.93. The maximum Gasteiger partial charge on any atom is 0.276 e. The lowest BCUT2D eigenvalue weighted by atomic mass is 10.1. The standard InChI is InChI=1S/C22H18ClN3O2S/c1-16-7-9-18(10-8-16)22-15-21(17-11-13-19(23)14-12-17)24-26(22)25-29(27,28)20-5-3-2-4-6-20/h2-15,25H,1H3. The second-order valence-electron chi connectivity index (χ2n) is 6.61. The third-order valence-corrected chi connectivity index (χ3v) is 6.01. The van der Waals surface area contributed by atoms with Crippen LogP contribution >= 0.6 is 11.6 Å². The van der Waals surface area contributed by atoms with Crippen LogP contribution in [0.5, 0.6) is 0 Å². The Balaban J connectivity index is 1.80. The van der Waals surface area contributed by atoms with E-state index < -0.39 is 10.0 Å². The molecule has 0 saturated carbocycles. The van der Waals surface area contributed by atoms with Gasteiger partial charge in [0.15, 0.2) is 0 Å². The van der Waals surface area contributed by atoms with Crippen molar-refractivity contribution >= 4 is 21.6 Å². The van der Waals surface area contributed by atoms with Crippen molar-refractivity contribution < 1.29 is 8.42 Å². The molecular formula is C22H18ClN3O2S. The van der Waals surface area contributed by atoms with Gasteiger partial charge < -0.3 is 0 Å². The SMILES string of the molecule is Cc1ccc(-c2cc(-c3ccc(Cl)cc3)nn2NS(=O)(=O)c2ccccc2)cc1. The third kappa shape index (κ3) is 4.18. The Morgan fingerprint density at radius 3 is 2.14 bits per heavy atom. The van der Waals surface area contributed by atoms with Crippen LogP contribution in [0.4, 0.5) is 0 Å². The fraction of sp³-hybridized carbons (Fsp3) is 0.0455. The normalized spacial score (nSPS) is 11.4. The molecule has 146 valence electrons. The van der Waals surface area contributed by atoms with Gasteiger partial charge in [-0.3, -0.25) is 0 Å². The highest BCUT2D eigenvalue weighted by Gasteiger charge is 2.18. The molecule has 0 bridgehead atoms. The van der Waals surface area contributed by atoms with Crippen LogP contribution in [0, 0.1) is 6.92 Å². The smallest absolute Gasteiger partial charge is 0.200 e. The first-order chi connectivity index (χ1) is 13.9. The third-order valence-electron chi connectivity index (χ3n) is 4.46. The van der Waals surface area contributed by atoms with Crippen molar-refractivity contribution in [3.63, 3.8) is 0 Å². The lowest BCUT2D eigenvalue weighted by Gasteiger charge is -2.11. The van der Waals surface area contributed by atoms with E-state index in [2.05, 4.69) is 9.93 Å². The summed E-state index contributed by atoms with van der Waals surface area (Å²) in [7, 11) is -3.80. The van der Waals surface area contributed by atoms with Crippen LogP contribution in [0.3, 0.4) is 0 Å². The predicted molar refractivity (Wildman–Crippen MR) is 116 cm³/mol. The van der Waals surface area contributed by atoms with Gasteiger partial charge in [0, 0.05) is 16.1 Å². The van der Waals surface area contributed by atoms with Gasteiger partial charge in [0.2, 0.25) is 0 Å². The topological polar surface area (TPSA) is 64.0 Å². The van der Waals surface area contributed by atoms with E-state index in [-0.39, 0.29) is 4.90 Å². The van der Waals surface area contributed by atoms with E-state index in [9.17, 15) is 8.42 Å². The van der Waals surface area contributed by atoms with Crippen LogP contribution < -0.4 is 4.83 Å². The second kappa shape index (κ2) is 7.73. The maximum absolute atomic E-state index is 12.8. The largest absolute Gasteiger partial charge is 0.276 e. The molecule has 0 fully saturated rings. The molecule has 5 nitrogen and oxygen atoms in total. The first-order valence-corrected chi connectivity index (χ1v) is 10.8. The van der Waals surface area contributed by atoms with Gasteiger partial charge in [-0.2, -0.15) is 23.1 Å². The summed E-state index contributed by atoms with van der Waals surface area (Å²) in [5, 5.41) is 5.12. The van der Waals surface area contributed by atoms with Gasteiger partial charge in [-0.25, -0.2) is 0 Å². The van der Waals surface area contributed by atoms with Crippen LogP contribution in [0.25, 0.3) is 22.5 Å². The highest BCUT2D eigenvalue weighted by molar-refractivity contribution is 7.92. The Bertz CT molecular complexity index is 1230. The molecule has 0 radical (unpaired) electrons. The van der Waals surface area contributed by atoms with Gasteiger partial charge >= 0.3 is 0 Å². The molecule has 0 aliphatic heterocycles. The van der Waals surface area contributed by atoms with Gasteiger partial charge in [0.1, 0.15) is 0 Å². The number of aromatic nitrogens is 2. The molecule has 0 unspecified atom stereocenters. The molecule has 0 aliphatic rings. The molecule has 1 aromatic heterocycles. The van der Waals surface area contributed by atoms with Crippen LogP contribution in [0.2, 0.25) is 5.02 Å². The first kappa shape index (κ1) is 19.2. The number of nitrogens with one attached hydrogen (secondary N) is 1. The molecule has 0 amide bonds. The Morgan fingerprint density at radius 2 is 1.48 bits per heavy atom. The number of halogens is 1. The summed E-state index contributed by atoms with van der Waals surface area (Å²) in [6.45, 7) is 2.00. The lowest BCUT2D eigenvalue weighted by molar-refractivity contribution is 0.592. The van der Waals surface area contributed by atoms with Gasteiger partial charge in [0.25, 0.3) is 10.0 Å². The number of sulfonamides is 1. The molecule has 0 saturated heterocycles. The fourth-order valence-electron chi connectivity index (χ4n) is 2.91. The average Bonchev–Trinajstić information content (AvgIpc) is 3.13. The van der Waals surface area contributed by atoms with Crippen LogP contribution in [-0.2, 0) is 10.0 Å². The van der Waals surface area contributed by atoms with Gasteiger partial charge in [-0.1, -0.05) is 71.8 Å². The summed E-state index contributed by atoms with van der Waals surface area (Å²) in [5.74, 6) is 0. The van der Waals surface area contributed by atoms with Crippen LogP contribution in [0.15, 0.2) is 89.8 Å². The molecule has 4 aromatic rings. The number of hydrogen-bond donors (Lipinski definition) is 1. The van der Waals surface area contributed by atoms with E-state index in [1.165, 1.54) is 16.9 Å². The number of benzene rings is 3. The average molecular weight is 424 g/mol. The number of aryl methyl sites for hydroxylation is 1.